The van der Waals surface area contributed by atoms with Gasteiger partial charge in [0.15, 0.2) is 5.78 Å². The molecule has 82 valence electrons. The molecule has 0 amide bonds. The summed E-state index contributed by atoms with van der Waals surface area (Å²) in [6.07, 6.45) is 0. The summed E-state index contributed by atoms with van der Waals surface area (Å²) in [5.41, 5.74) is 0.253. The Labute approximate surface area is 96.4 Å². The molecule has 16 heavy (non-hydrogen) atoms. The molecule has 0 aliphatic carbocycles. The van der Waals surface area contributed by atoms with E-state index in [2.05, 4.69) is 0 Å². The topological polar surface area (TPSA) is 84.0 Å². The van der Waals surface area contributed by atoms with Crippen LogP contribution in [0.3, 0.4) is 0 Å². The zero-order valence-corrected chi connectivity index (χ0v) is 9.11. The molecule has 0 spiro atoms. The summed E-state index contributed by atoms with van der Waals surface area (Å²) in [4.78, 5) is 21.4. The number of alkyl halides is 1. The zero-order chi connectivity index (χ0) is 12.3. The molecule has 1 aromatic rings. The predicted octanol–water partition coefficient (Wildman–Crippen LogP) is 2.20. The summed E-state index contributed by atoms with van der Waals surface area (Å²) in [6, 6.07) is 4.24. The second-order valence-electron chi connectivity index (χ2n) is 3.11. The van der Waals surface area contributed by atoms with Gasteiger partial charge in [0.2, 0.25) is 0 Å². The number of ketones is 1. The number of hydrogen-bond acceptors (Lipinski definition) is 4. The summed E-state index contributed by atoms with van der Waals surface area (Å²) in [5, 5.41) is 19.5. The SMILES string of the molecule is Cc1cc(C(=O)CCl)c([N+](=O)[O-])cc1C#N. The molecule has 1 rings (SSSR count). The largest absolute Gasteiger partial charge is 0.293 e. The highest BCUT2D eigenvalue weighted by Gasteiger charge is 2.21. The molecular weight excluding hydrogens is 232 g/mol. The summed E-state index contributed by atoms with van der Waals surface area (Å²) >= 11 is 5.35. The lowest BCUT2D eigenvalue weighted by Crippen LogP contribution is -2.06. The van der Waals surface area contributed by atoms with E-state index in [-0.39, 0.29) is 22.7 Å². The highest BCUT2D eigenvalue weighted by atomic mass is 35.5. The molecule has 5 nitrogen and oxygen atoms in total. The number of aryl methyl sites for hydroxylation is 1. The first-order valence-electron chi connectivity index (χ1n) is 4.29. The van der Waals surface area contributed by atoms with Crippen LogP contribution in [0, 0.1) is 28.4 Å². The Morgan fingerprint density at radius 3 is 2.69 bits per heavy atom. The molecule has 0 radical (unpaired) electrons. The van der Waals surface area contributed by atoms with Gasteiger partial charge in [-0.1, -0.05) is 0 Å². The van der Waals surface area contributed by atoms with Crippen LogP contribution in [0.5, 0.6) is 0 Å². The first-order valence-corrected chi connectivity index (χ1v) is 4.83. The fourth-order valence-corrected chi connectivity index (χ4v) is 1.41. The molecule has 0 fully saturated rings. The summed E-state index contributed by atoms with van der Waals surface area (Å²) in [5.74, 6) is -0.854. The van der Waals surface area contributed by atoms with E-state index in [4.69, 9.17) is 16.9 Å². The van der Waals surface area contributed by atoms with Gasteiger partial charge in [-0.15, -0.1) is 11.6 Å². The number of nitro benzene ring substituents is 1. The van der Waals surface area contributed by atoms with E-state index in [9.17, 15) is 14.9 Å². The Bertz CT molecular complexity index is 506. The van der Waals surface area contributed by atoms with E-state index in [1.807, 2.05) is 6.07 Å². The van der Waals surface area contributed by atoms with Crippen LogP contribution in [0.25, 0.3) is 0 Å². The number of nitrogens with zero attached hydrogens (tertiary/aromatic N) is 2. The minimum Gasteiger partial charge on any atom is -0.293 e. The Kier molecular flexibility index (Phi) is 3.59. The molecule has 0 aliphatic rings. The minimum atomic E-state index is -0.694. The van der Waals surface area contributed by atoms with Gasteiger partial charge in [0.25, 0.3) is 5.69 Å². The van der Waals surface area contributed by atoms with Crippen LogP contribution in [0.4, 0.5) is 5.69 Å². The number of benzene rings is 1. The Morgan fingerprint density at radius 1 is 1.62 bits per heavy atom. The van der Waals surface area contributed by atoms with Crippen LogP contribution in [-0.2, 0) is 0 Å². The van der Waals surface area contributed by atoms with E-state index in [0.29, 0.717) is 5.56 Å². The fraction of sp³-hybridized carbons (Fsp3) is 0.200. The number of rotatable bonds is 3. The lowest BCUT2D eigenvalue weighted by molar-refractivity contribution is -0.385. The number of halogens is 1. The van der Waals surface area contributed by atoms with Crippen molar-refractivity contribution in [1.82, 2.24) is 0 Å². The van der Waals surface area contributed by atoms with E-state index in [0.717, 1.165) is 6.07 Å². The van der Waals surface area contributed by atoms with Crippen molar-refractivity contribution in [2.75, 3.05) is 5.88 Å². The average Bonchev–Trinajstić information content (AvgIpc) is 2.27. The van der Waals surface area contributed by atoms with Gasteiger partial charge in [0.05, 0.1) is 28.0 Å². The predicted molar refractivity (Wildman–Crippen MR) is 57.6 cm³/mol. The van der Waals surface area contributed by atoms with Gasteiger partial charge in [0, 0.05) is 6.07 Å². The third kappa shape index (κ3) is 2.18. The van der Waals surface area contributed by atoms with Gasteiger partial charge in [0.1, 0.15) is 0 Å². The van der Waals surface area contributed by atoms with Crippen LogP contribution in [0.2, 0.25) is 0 Å². The van der Waals surface area contributed by atoms with Gasteiger partial charge in [-0.3, -0.25) is 14.9 Å². The van der Waals surface area contributed by atoms with Crippen molar-refractivity contribution in [3.63, 3.8) is 0 Å². The number of Topliss-reactive ketones (excluding diaryl/α,β-unsaturated/α-hetero) is 1. The molecule has 0 saturated carbocycles. The van der Waals surface area contributed by atoms with E-state index in [1.54, 1.807) is 6.92 Å². The molecule has 0 saturated heterocycles. The number of hydrogen-bond donors (Lipinski definition) is 0. The summed E-state index contributed by atoms with van der Waals surface area (Å²) in [7, 11) is 0. The average molecular weight is 239 g/mol. The fourth-order valence-electron chi connectivity index (χ4n) is 1.26. The quantitative estimate of drug-likeness (QED) is 0.350. The normalized spacial score (nSPS) is 9.56. The van der Waals surface area contributed by atoms with E-state index >= 15 is 0 Å². The van der Waals surface area contributed by atoms with Crippen LogP contribution in [0.15, 0.2) is 12.1 Å². The van der Waals surface area contributed by atoms with Crippen molar-refractivity contribution in [2.45, 2.75) is 6.92 Å². The number of carbonyl (C=O) groups excluding carboxylic acids is 1. The Morgan fingerprint density at radius 2 is 2.25 bits per heavy atom. The van der Waals surface area contributed by atoms with Crippen LogP contribution < -0.4 is 0 Å². The first-order chi connectivity index (χ1) is 7.51. The van der Waals surface area contributed by atoms with Crippen LogP contribution in [-0.4, -0.2) is 16.6 Å². The number of nitro groups is 1. The second kappa shape index (κ2) is 4.73. The molecule has 0 bridgehead atoms. The third-order valence-corrected chi connectivity index (χ3v) is 2.32. The molecule has 0 aromatic heterocycles. The molecule has 0 atom stereocenters. The van der Waals surface area contributed by atoms with Gasteiger partial charge in [-0.2, -0.15) is 5.26 Å². The third-order valence-electron chi connectivity index (χ3n) is 2.08. The molecular formula is C10H7ClN2O3. The highest BCUT2D eigenvalue weighted by molar-refractivity contribution is 6.31. The van der Waals surface area contributed by atoms with Gasteiger partial charge >= 0.3 is 0 Å². The maximum atomic E-state index is 11.4. The van der Waals surface area contributed by atoms with Crippen molar-refractivity contribution in [2.24, 2.45) is 0 Å². The van der Waals surface area contributed by atoms with Crippen LogP contribution in [0.1, 0.15) is 21.5 Å². The van der Waals surface area contributed by atoms with Gasteiger partial charge in [-0.05, 0) is 18.6 Å². The summed E-state index contributed by atoms with van der Waals surface area (Å²) in [6.45, 7) is 1.60. The van der Waals surface area contributed by atoms with Gasteiger partial charge in [-0.25, -0.2) is 0 Å². The standard InChI is InChI=1S/C10H7ClN2O3/c1-6-2-8(10(14)4-11)9(13(15)16)3-7(6)5-12/h2-3H,4H2,1H3. The molecule has 0 N–H and O–H groups in total. The maximum absolute atomic E-state index is 11.4. The smallest absolute Gasteiger partial charge is 0.281 e. The summed E-state index contributed by atoms with van der Waals surface area (Å²) < 4.78 is 0. The molecule has 0 aliphatic heterocycles. The monoisotopic (exact) mass is 238 g/mol. The molecule has 1 aromatic carbocycles. The second-order valence-corrected chi connectivity index (χ2v) is 3.38. The molecule has 0 unspecified atom stereocenters. The molecule has 0 heterocycles. The van der Waals surface area contributed by atoms with Crippen LogP contribution >= 0.6 is 11.6 Å². The highest BCUT2D eigenvalue weighted by Crippen LogP contribution is 2.23. The van der Waals surface area contributed by atoms with Crippen molar-refractivity contribution in [1.29, 1.82) is 5.26 Å². The zero-order valence-electron chi connectivity index (χ0n) is 8.36. The van der Waals surface area contributed by atoms with Gasteiger partial charge < -0.3 is 0 Å². The lowest BCUT2D eigenvalue weighted by atomic mass is 10.0. The minimum absolute atomic E-state index is 0.0588. The van der Waals surface area contributed by atoms with Crippen molar-refractivity contribution in [3.8, 4) is 6.07 Å². The lowest BCUT2D eigenvalue weighted by Gasteiger charge is -2.03. The van der Waals surface area contributed by atoms with Crippen molar-refractivity contribution >= 4 is 23.1 Å². The Hall–Kier alpha value is -1.93. The number of carbonyl (C=O) groups is 1. The van der Waals surface area contributed by atoms with Crippen molar-refractivity contribution in [3.05, 3.63) is 38.9 Å². The first kappa shape index (κ1) is 12.1. The van der Waals surface area contributed by atoms with E-state index in [1.165, 1.54) is 6.07 Å². The maximum Gasteiger partial charge on any atom is 0.281 e. The van der Waals surface area contributed by atoms with Crippen molar-refractivity contribution < 1.29 is 9.72 Å². The van der Waals surface area contributed by atoms with E-state index < -0.39 is 10.7 Å². The number of nitriles is 1. The Balaban J connectivity index is 3.49. The molecule has 6 heteroatoms.